The molecule has 0 aliphatic rings. The van der Waals surface area contributed by atoms with Crippen molar-refractivity contribution < 1.29 is 4.74 Å². The van der Waals surface area contributed by atoms with Crippen LogP contribution in [0.4, 0.5) is 0 Å². The summed E-state index contributed by atoms with van der Waals surface area (Å²) in [7, 11) is 0. The highest BCUT2D eigenvalue weighted by molar-refractivity contribution is 9.10. The standard InChI is InChI=1S/C13H13BrN2O/c1-8-6-11(14)4-5-12(8)17-13-15-9(2)7-10(3)16-13/h4-7H,1-3H3. The lowest BCUT2D eigenvalue weighted by Crippen LogP contribution is -1.96. The second-order valence-corrected chi connectivity index (χ2v) is 4.86. The van der Waals surface area contributed by atoms with Crippen LogP contribution in [0.2, 0.25) is 0 Å². The first-order chi connectivity index (χ1) is 8.04. The first-order valence-electron chi connectivity index (χ1n) is 5.31. The van der Waals surface area contributed by atoms with Gasteiger partial charge in [0.15, 0.2) is 0 Å². The predicted octanol–water partition coefficient (Wildman–Crippen LogP) is 3.96. The maximum Gasteiger partial charge on any atom is 0.322 e. The Morgan fingerprint density at radius 1 is 1.00 bits per heavy atom. The number of ether oxygens (including phenoxy) is 1. The number of halogens is 1. The molecule has 0 aliphatic heterocycles. The zero-order chi connectivity index (χ0) is 12.4. The van der Waals surface area contributed by atoms with Gasteiger partial charge in [-0.3, -0.25) is 0 Å². The third-order valence-corrected chi connectivity index (χ3v) is 2.79. The molecule has 0 spiro atoms. The molecule has 0 atom stereocenters. The summed E-state index contributed by atoms with van der Waals surface area (Å²) in [5.41, 5.74) is 2.85. The lowest BCUT2D eigenvalue weighted by Gasteiger charge is -2.08. The van der Waals surface area contributed by atoms with E-state index in [2.05, 4.69) is 25.9 Å². The zero-order valence-corrected chi connectivity index (χ0v) is 11.6. The summed E-state index contributed by atoms with van der Waals surface area (Å²) in [6.45, 7) is 5.84. The Kier molecular flexibility index (Phi) is 3.43. The van der Waals surface area contributed by atoms with Gasteiger partial charge in [0, 0.05) is 15.9 Å². The largest absolute Gasteiger partial charge is 0.424 e. The maximum absolute atomic E-state index is 5.68. The molecule has 0 unspecified atom stereocenters. The van der Waals surface area contributed by atoms with Gasteiger partial charge >= 0.3 is 6.01 Å². The van der Waals surface area contributed by atoms with Crippen LogP contribution in [-0.2, 0) is 0 Å². The predicted molar refractivity (Wildman–Crippen MR) is 70.5 cm³/mol. The van der Waals surface area contributed by atoms with Crippen LogP contribution in [0, 0.1) is 20.8 Å². The van der Waals surface area contributed by atoms with E-state index < -0.39 is 0 Å². The van der Waals surface area contributed by atoms with Gasteiger partial charge in [0.25, 0.3) is 0 Å². The molecular formula is C13H13BrN2O. The minimum absolute atomic E-state index is 0.396. The molecule has 4 heteroatoms. The summed E-state index contributed by atoms with van der Waals surface area (Å²) < 4.78 is 6.71. The van der Waals surface area contributed by atoms with Crippen LogP contribution >= 0.6 is 15.9 Å². The highest BCUT2D eigenvalue weighted by Crippen LogP contribution is 2.25. The van der Waals surface area contributed by atoms with Gasteiger partial charge in [-0.05, 0) is 50.6 Å². The quantitative estimate of drug-likeness (QED) is 0.840. The molecule has 0 fully saturated rings. The molecule has 0 amide bonds. The second kappa shape index (κ2) is 4.84. The average molecular weight is 293 g/mol. The zero-order valence-electron chi connectivity index (χ0n) is 9.99. The number of aryl methyl sites for hydroxylation is 3. The Morgan fingerprint density at radius 2 is 1.65 bits per heavy atom. The molecular weight excluding hydrogens is 280 g/mol. The number of nitrogens with zero attached hydrogens (tertiary/aromatic N) is 2. The van der Waals surface area contributed by atoms with Gasteiger partial charge < -0.3 is 4.74 Å². The van der Waals surface area contributed by atoms with Gasteiger partial charge in [0.2, 0.25) is 0 Å². The van der Waals surface area contributed by atoms with Crippen molar-refractivity contribution in [1.29, 1.82) is 0 Å². The third kappa shape index (κ3) is 3.03. The lowest BCUT2D eigenvalue weighted by atomic mass is 10.2. The molecule has 0 aliphatic carbocycles. The molecule has 0 radical (unpaired) electrons. The molecule has 88 valence electrons. The van der Waals surface area contributed by atoms with Crippen LogP contribution in [-0.4, -0.2) is 9.97 Å². The highest BCUT2D eigenvalue weighted by Gasteiger charge is 2.05. The van der Waals surface area contributed by atoms with Crippen LogP contribution in [0.5, 0.6) is 11.8 Å². The van der Waals surface area contributed by atoms with Gasteiger partial charge in [-0.15, -0.1) is 0 Å². The van der Waals surface area contributed by atoms with Gasteiger partial charge in [-0.1, -0.05) is 15.9 Å². The summed E-state index contributed by atoms with van der Waals surface area (Å²) in [4.78, 5) is 8.50. The SMILES string of the molecule is Cc1cc(C)nc(Oc2ccc(Br)cc2C)n1. The maximum atomic E-state index is 5.68. The van der Waals surface area contributed by atoms with E-state index in [0.29, 0.717) is 6.01 Å². The van der Waals surface area contributed by atoms with Crippen molar-refractivity contribution in [2.45, 2.75) is 20.8 Å². The first kappa shape index (κ1) is 12.0. The van der Waals surface area contributed by atoms with Crippen LogP contribution in [0.25, 0.3) is 0 Å². The molecule has 0 N–H and O–H groups in total. The number of hydrogen-bond donors (Lipinski definition) is 0. The third-order valence-electron chi connectivity index (χ3n) is 2.30. The minimum atomic E-state index is 0.396. The number of rotatable bonds is 2. The van der Waals surface area contributed by atoms with Crippen molar-refractivity contribution in [3.63, 3.8) is 0 Å². The fraction of sp³-hybridized carbons (Fsp3) is 0.231. The van der Waals surface area contributed by atoms with Crippen molar-refractivity contribution in [3.05, 3.63) is 45.7 Å². The second-order valence-electron chi connectivity index (χ2n) is 3.95. The molecule has 2 aromatic rings. The molecule has 1 aromatic carbocycles. The number of aromatic nitrogens is 2. The summed E-state index contributed by atoms with van der Waals surface area (Å²) in [5.74, 6) is 0.776. The minimum Gasteiger partial charge on any atom is -0.424 e. The van der Waals surface area contributed by atoms with Crippen LogP contribution in [0.3, 0.4) is 0 Å². The van der Waals surface area contributed by atoms with Crippen LogP contribution in [0.15, 0.2) is 28.7 Å². The van der Waals surface area contributed by atoms with E-state index in [0.717, 1.165) is 27.2 Å². The Balaban J connectivity index is 2.31. The summed E-state index contributed by atoms with van der Waals surface area (Å²) in [5, 5.41) is 0. The summed E-state index contributed by atoms with van der Waals surface area (Å²) in [6, 6.07) is 8.15. The topological polar surface area (TPSA) is 35.0 Å². The molecule has 17 heavy (non-hydrogen) atoms. The Morgan fingerprint density at radius 3 is 2.24 bits per heavy atom. The van der Waals surface area contributed by atoms with E-state index >= 15 is 0 Å². The molecule has 0 bridgehead atoms. The average Bonchev–Trinajstić information content (AvgIpc) is 2.21. The van der Waals surface area contributed by atoms with E-state index in [1.165, 1.54) is 0 Å². The van der Waals surface area contributed by atoms with E-state index in [9.17, 15) is 0 Å². The first-order valence-corrected chi connectivity index (χ1v) is 6.10. The van der Waals surface area contributed by atoms with Gasteiger partial charge in [-0.2, -0.15) is 0 Å². The van der Waals surface area contributed by atoms with Crippen molar-refractivity contribution in [2.75, 3.05) is 0 Å². The van der Waals surface area contributed by atoms with Gasteiger partial charge in [0.1, 0.15) is 5.75 Å². The lowest BCUT2D eigenvalue weighted by molar-refractivity contribution is 0.435. The van der Waals surface area contributed by atoms with Crippen LogP contribution < -0.4 is 4.74 Å². The normalized spacial score (nSPS) is 10.4. The smallest absolute Gasteiger partial charge is 0.322 e. The van der Waals surface area contributed by atoms with E-state index in [1.54, 1.807) is 0 Å². The monoisotopic (exact) mass is 292 g/mol. The van der Waals surface area contributed by atoms with Gasteiger partial charge in [-0.25, -0.2) is 9.97 Å². The fourth-order valence-electron chi connectivity index (χ4n) is 1.56. The van der Waals surface area contributed by atoms with Crippen molar-refractivity contribution in [3.8, 4) is 11.8 Å². The Labute approximate surface area is 109 Å². The van der Waals surface area contributed by atoms with E-state index in [-0.39, 0.29) is 0 Å². The molecule has 1 heterocycles. The molecule has 1 aromatic heterocycles. The van der Waals surface area contributed by atoms with Crippen LogP contribution in [0.1, 0.15) is 17.0 Å². The molecule has 0 saturated carbocycles. The van der Waals surface area contributed by atoms with Crippen molar-refractivity contribution in [1.82, 2.24) is 9.97 Å². The molecule has 3 nitrogen and oxygen atoms in total. The number of hydrogen-bond acceptors (Lipinski definition) is 3. The Hall–Kier alpha value is -1.42. The summed E-state index contributed by atoms with van der Waals surface area (Å²) >= 11 is 3.42. The Bertz CT molecular complexity index is 535. The fourth-order valence-corrected chi connectivity index (χ4v) is 2.04. The highest BCUT2D eigenvalue weighted by atomic mass is 79.9. The van der Waals surface area contributed by atoms with Crippen molar-refractivity contribution >= 4 is 15.9 Å². The van der Waals surface area contributed by atoms with E-state index in [4.69, 9.17) is 4.74 Å². The van der Waals surface area contributed by atoms with Crippen molar-refractivity contribution in [2.24, 2.45) is 0 Å². The van der Waals surface area contributed by atoms with E-state index in [1.807, 2.05) is 45.0 Å². The summed E-state index contributed by atoms with van der Waals surface area (Å²) in [6.07, 6.45) is 0. The molecule has 2 rings (SSSR count). The molecule has 0 saturated heterocycles. The van der Waals surface area contributed by atoms with Gasteiger partial charge in [0.05, 0.1) is 0 Å². The number of benzene rings is 1.